The van der Waals surface area contributed by atoms with E-state index in [0.717, 1.165) is 17.7 Å². The van der Waals surface area contributed by atoms with Crippen molar-refractivity contribution in [3.05, 3.63) is 53.6 Å². The highest BCUT2D eigenvalue weighted by Crippen LogP contribution is 2.37. The molecule has 138 valence electrons. The molecule has 1 atom stereocenters. The van der Waals surface area contributed by atoms with Gasteiger partial charge in [0, 0.05) is 12.2 Å². The van der Waals surface area contributed by atoms with E-state index < -0.39 is 0 Å². The fraction of sp³-hybridized carbons (Fsp3) is 0.381. The Morgan fingerprint density at radius 3 is 2.62 bits per heavy atom. The molecule has 0 aromatic heterocycles. The molecule has 0 aliphatic carbocycles. The van der Waals surface area contributed by atoms with Crippen molar-refractivity contribution in [2.45, 2.75) is 39.5 Å². The van der Waals surface area contributed by atoms with Crippen LogP contribution < -0.4 is 14.8 Å². The third-order valence-electron chi connectivity index (χ3n) is 4.35. The van der Waals surface area contributed by atoms with Gasteiger partial charge in [-0.3, -0.25) is 4.79 Å². The molecule has 0 saturated carbocycles. The van der Waals surface area contributed by atoms with Gasteiger partial charge in [0.25, 0.3) is 5.91 Å². The number of carbonyl (C=O) groups is 1. The molecule has 0 bridgehead atoms. The molecule has 1 amide bonds. The van der Waals surface area contributed by atoms with E-state index in [1.54, 1.807) is 7.11 Å². The third-order valence-corrected chi connectivity index (χ3v) is 4.35. The molecule has 5 heteroatoms. The second kappa shape index (κ2) is 7.68. The normalized spacial score (nSPS) is 16.3. The Morgan fingerprint density at radius 2 is 1.92 bits per heavy atom. The summed E-state index contributed by atoms with van der Waals surface area (Å²) < 4.78 is 11.3. The molecule has 1 N–H and O–H groups in total. The number of carbonyl (C=O) groups excluding carboxylic acids is 1. The van der Waals surface area contributed by atoms with E-state index in [0.29, 0.717) is 23.6 Å². The molecule has 3 rings (SSSR count). The molecule has 2 aromatic carbocycles. The van der Waals surface area contributed by atoms with Gasteiger partial charge in [-0.15, -0.1) is 0 Å². The average molecular weight is 354 g/mol. The van der Waals surface area contributed by atoms with Crippen LogP contribution in [0.5, 0.6) is 11.5 Å². The number of benzene rings is 2. The summed E-state index contributed by atoms with van der Waals surface area (Å²) in [5.41, 5.74) is 2.54. The highest BCUT2D eigenvalue weighted by atomic mass is 16.5. The molecule has 26 heavy (non-hydrogen) atoms. The SMILES string of the molecule is CCCN1C(=O)c2ccccc2NC1c1ccc(OC(C)C)c(OC)c1. The Labute approximate surface area is 154 Å². The number of nitrogens with zero attached hydrogens (tertiary/aromatic N) is 1. The van der Waals surface area contributed by atoms with Crippen LogP contribution in [-0.4, -0.2) is 30.6 Å². The molecule has 1 heterocycles. The van der Waals surface area contributed by atoms with Crippen molar-refractivity contribution in [1.82, 2.24) is 4.90 Å². The lowest BCUT2D eigenvalue weighted by Gasteiger charge is -2.38. The summed E-state index contributed by atoms with van der Waals surface area (Å²) in [5.74, 6) is 1.42. The minimum Gasteiger partial charge on any atom is -0.493 e. The first-order chi connectivity index (χ1) is 12.5. The van der Waals surface area contributed by atoms with E-state index in [1.165, 1.54) is 0 Å². The highest BCUT2D eigenvalue weighted by molar-refractivity contribution is 6.01. The van der Waals surface area contributed by atoms with Gasteiger partial charge in [0.15, 0.2) is 11.5 Å². The first kappa shape index (κ1) is 18.1. The Morgan fingerprint density at radius 1 is 1.15 bits per heavy atom. The van der Waals surface area contributed by atoms with Crippen molar-refractivity contribution in [3.8, 4) is 11.5 Å². The van der Waals surface area contributed by atoms with Gasteiger partial charge in [-0.05, 0) is 50.1 Å². The maximum Gasteiger partial charge on any atom is 0.257 e. The predicted octanol–water partition coefficient (Wildman–Crippen LogP) is 4.46. The molecular weight excluding hydrogens is 328 g/mol. The van der Waals surface area contributed by atoms with E-state index in [-0.39, 0.29) is 18.2 Å². The van der Waals surface area contributed by atoms with Crippen LogP contribution >= 0.6 is 0 Å². The molecule has 2 aromatic rings. The number of hydrogen-bond donors (Lipinski definition) is 1. The van der Waals surface area contributed by atoms with Gasteiger partial charge in [0.05, 0.1) is 18.8 Å². The summed E-state index contributed by atoms with van der Waals surface area (Å²) >= 11 is 0. The van der Waals surface area contributed by atoms with E-state index in [2.05, 4.69) is 12.2 Å². The summed E-state index contributed by atoms with van der Waals surface area (Å²) in [4.78, 5) is 14.9. The Kier molecular flexibility index (Phi) is 5.35. The van der Waals surface area contributed by atoms with Crippen LogP contribution in [0.4, 0.5) is 5.69 Å². The molecule has 5 nitrogen and oxygen atoms in total. The smallest absolute Gasteiger partial charge is 0.257 e. The van der Waals surface area contributed by atoms with E-state index in [9.17, 15) is 4.79 Å². The van der Waals surface area contributed by atoms with Gasteiger partial charge in [-0.1, -0.05) is 25.1 Å². The second-order valence-corrected chi connectivity index (χ2v) is 6.67. The van der Waals surface area contributed by atoms with Crippen molar-refractivity contribution in [2.75, 3.05) is 19.0 Å². The van der Waals surface area contributed by atoms with Crippen molar-refractivity contribution in [2.24, 2.45) is 0 Å². The van der Waals surface area contributed by atoms with Crippen LogP contribution in [0.3, 0.4) is 0 Å². The zero-order valence-corrected chi connectivity index (χ0v) is 15.8. The van der Waals surface area contributed by atoms with Gasteiger partial charge < -0.3 is 19.7 Å². The zero-order chi connectivity index (χ0) is 18.7. The molecular formula is C21H26N2O3. The lowest BCUT2D eigenvalue weighted by molar-refractivity contribution is 0.0683. The summed E-state index contributed by atoms with van der Waals surface area (Å²) in [6, 6.07) is 13.5. The lowest BCUT2D eigenvalue weighted by atomic mass is 10.0. The molecule has 1 aliphatic rings. The van der Waals surface area contributed by atoms with E-state index in [4.69, 9.17) is 9.47 Å². The Balaban J connectivity index is 1.99. The van der Waals surface area contributed by atoms with Gasteiger partial charge in [-0.25, -0.2) is 0 Å². The average Bonchev–Trinajstić information content (AvgIpc) is 2.64. The maximum absolute atomic E-state index is 13.0. The molecule has 1 unspecified atom stereocenters. The van der Waals surface area contributed by atoms with Gasteiger partial charge >= 0.3 is 0 Å². The van der Waals surface area contributed by atoms with Crippen LogP contribution in [0.15, 0.2) is 42.5 Å². The summed E-state index contributed by atoms with van der Waals surface area (Å²) in [7, 11) is 1.63. The fourth-order valence-electron chi connectivity index (χ4n) is 3.23. The fourth-order valence-corrected chi connectivity index (χ4v) is 3.23. The first-order valence-corrected chi connectivity index (χ1v) is 9.06. The van der Waals surface area contributed by atoms with Crippen molar-refractivity contribution < 1.29 is 14.3 Å². The second-order valence-electron chi connectivity index (χ2n) is 6.67. The minimum atomic E-state index is -0.237. The molecule has 0 fully saturated rings. The van der Waals surface area contributed by atoms with Gasteiger partial charge in [-0.2, -0.15) is 0 Å². The number of nitrogens with one attached hydrogen (secondary N) is 1. The van der Waals surface area contributed by atoms with Crippen molar-refractivity contribution >= 4 is 11.6 Å². The third kappa shape index (κ3) is 3.47. The number of hydrogen-bond acceptors (Lipinski definition) is 4. The molecule has 0 radical (unpaired) electrons. The summed E-state index contributed by atoms with van der Waals surface area (Å²) in [5, 5.41) is 3.50. The molecule has 1 aliphatic heterocycles. The number of anilines is 1. The highest BCUT2D eigenvalue weighted by Gasteiger charge is 2.32. The van der Waals surface area contributed by atoms with Gasteiger partial charge in [0.1, 0.15) is 6.17 Å². The number of ether oxygens (including phenoxy) is 2. The monoisotopic (exact) mass is 354 g/mol. The number of para-hydroxylation sites is 1. The predicted molar refractivity (Wildman–Crippen MR) is 103 cm³/mol. The zero-order valence-electron chi connectivity index (χ0n) is 15.8. The standard InChI is InChI=1S/C21H26N2O3/c1-5-12-23-20(22-17-9-7-6-8-16(17)21(23)24)15-10-11-18(26-14(2)3)19(13-15)25-4/h6-11,13-14,20,22H,5,12H2,1-4H3. The number of amides is 1. The van der Waals surface area contributed by atoms with Crippen LogP contribution in [0.25, 0.3) is 0 Å². The topological polar surface area (TPSA) is 50.8 Å². The van der Waals surface area contributed by atoms with Gasteiger partial charge in [0.2, 0.25) is 0 Å². The minimum absolute atomic E-state index is 0.0488. The van der Waals surface area contributed by atoms with Crippen LogP contribution in [0.1, 0.15) is 49.3 Å². The van der Waals surface area contributed by atoms with Crippen LogP contribution in [-0.2, 0) is 0 Å². The molecule has 0 saturated heterocycles. The van der Waals surface area contributed by atoms with Crippen LogP contribution in [0.2, 0.25) is 0 Å². The van der Waals surface area contributed by atoms with E-state index in [1.807, 2.05) is 61.2 Å². The largest absolute Gasteiger partial charge is 0.493 e. The quantitative estimate of drug-likeness (QED) is 0.832. The lowest BCUT2D eigenvalue weighted by Crippen LogP contribution is -2.43. The number of methoxy groups -OCH3 is 1. The first-order valence-electron chi connectivity index (χ1n) is 9.06. The Hall–Kier alpha value is -2.69. The summed E-state index contributed by atoms with van der Waals surface area (Å²) in [6.45, 7) is 6.71. The molecule has 0 spiro atoms. The Bertz CT molecular complexity index is 789. The van der Waals surface area contributed by atoms with Crippen molar-refractivity contribution in [1.29, 1.82) is 0 Å². The number of fused-ring (bicyclic) bond motifs is 1. The maximum atomic E-state index is 13.0. The van der Waals surface area contributed by atoms with E-state index >= 15 is 0 Å². The summed E-state index contributed by atoms with van der Waals surface area (Å²) in [6.07, 6.45) is 0.713. The van der Waals surface area contributed by atoms with Crippen molar-refractivity contribution in [3.63, 3.8) is 0 Å². The number of rotatable bonds is 6. The van der Waals surface area contributed by atoms with Crippen LogP contribution in [0, 0.1) is 0 Å².